The van der Waals surface area contributed by atoms with Crippen LogP contribution in [0, 0.1) is 4.77 Å². The van der Waals surface area contributed by atoms with Gasteiger partial charge in [-0.15, -0.1) is 5.10 Å². The van der Waals surface area contributed by atoms with Crippen molar-refractivity contribution in [2.75, 3.05) is 27.3 Å². The second kappa shape index (κ2) is 9.31. The van der Waals surface area contributed by atoms with Crippen LogP contribution in [-0.2, 0) is 11.4 Å². The van der Waals surface area contributed by atoms with Gasteiger partial charge in [0.2, 0.25) is 4.77 Å². The SMILES string of the molecule is COc1ccc(-c2nn(CN3CCC(OC)CC3)c(=S)n2-c2ccc(Cl)cc2)cc1. The van der Waals surface area contributed by atoms with E-state index in [1.807, 2.05) is 57.8 Å². The van der Waals surface area contributed by atoms with Crippen LogP contribution < -0.4 is 4.74 Å². The molecule has 0 radical (unpaired) electrons. The van der Waals surface area contributed by atoms with Crippen LogP contribution in [0.25, 0.3) is 17.1 Å². The number of methoxy groups -OCH3 is 2. The van der Waals surface area contributed by atoms with Gasteiger partial charge in [-0.25, -0.2) is 4.68 Å². The number of hydrogen-bond acceptors (Lipinski definition) is 5. The molecule has 3 aromatic rings. The van der Waals surface area contributed by atoms with Gasteiger partial charge in [0.1, 0.15) is 5.75 Å². The number of likely N-dealkylation sites (tertiary alicyclic amines) is 1. The van der Waals surface area contributed by atoms with E-state index < -0.39 is 0 Å². The molecule has 158 valence electrons. The lowest BCUT2D eigenvalue weighted by Gasteiger charge is -2.30. The topological polar surface area (TPSA) is 44.4 Å². The van der Waals surface area contributed by atoms with Gasteiger partial charge in [0.05, 0.1) is 25.6 Å². The molecule has 0 aliphatic carbocycles. The summed E-state index contributed by atoms with van der Waals surface area (Å²) in [7, 11) is 3.44. The molecular weight excluding hydrogens is 420 g/mol. The van der Waals surface area contributed by atoms with Crippen LogP contribution in [-0.4, -0.2) is 52.7 Å². The van der Waals surface area contributed by atoms with E-state index in [4.69, 9.17) is 38.4 Å². The third kappa shape index (κ3) is 4.44. The molecule has 2 heterocycles. The van der Waals surface area contributed by atoms with Crippen molar-refractivity contribution in [3.8, 4) is 22.8 Å². The largest absolute Gasteiger partial charge is 0.497 e. The number of ether oxygens (including phenoxy) is 2. The molecule has 1 aliphatic rings. The zero-order chi connectivity index (χ0) is 21.1. The van der Waals surface area contributed by atoms with Crippen molar-refractivity contribution in [2.45, 2.75) is 25.6 Å². The fourth-order valence-electron chi connectivity index (χ4n) is 3.73. The molecule has 1 aromatic heterocycles. The molecule has 8 heteroatoms. The van der Waals surface area contributed by atoms with E-state index in [2.05, 4.69) is 4.90 Å². The van der Waals surface area contributed by atoms with Gasteiger partial charge in [0.25, 0.3) is 0 Å². The molecule has 4 rings (SSSR count). The Morgan fingerprint density at radius 2 is 1.70 bits per heavy atom. The number of rotatable bonds is 6. The van der Waals surface area contributed by atoms with Crippen LogP contribution in [0.3, 0.4) is 0 Å². The Bertz CT molecular complexity index is 1040. The third-order valence-electron chi connectivity index (χ3n) is 5.47. The van der Waals surface area contributed by atoms with Crippen molar-refractivity contribution in [1.82, 2.24) is 19.2 Å². The van der Waals surface area contributed by atoms with Crippen molar-refractivity contribution < 1.29 is 9.47 Å². The van der Waals surface area contributed by atoms with E-state index in [0.29, 0.717) is 22.6 Å². The molecule has 1 fully saturated rings. The summed E-state index contributed by atoms with van der Waals surface area (Å²) in [6, 6.07) is 15.5. The van der Waals surface area contributed by atoms with Crippen LogP contribution in [0.1, 0.15) is 12.8 Å². The van der Waals surface area contributed by atoms with E-state index in [1.165, 1.54) is 0 Å². The predicted octanol–water partition coefficient (Wildman–Crippen LogP) is 4.80. The maximum absolute atomic E-state index is 6.10. The van der Waals surface area contributed by atoms with Gasteiger partial charge in [-0.2, -0.15) is 0 Å². The van der Waals surface area contributed by atoms with Crippen molar-refractivity contribution >= 4 is 23.8 Å². The third-order valence-corrected chi connectivity index (χ3v) is 6.12. The fraction of sp³-hybridized carbons (Fsp3) is 0.364. The normalized spacial score (nSPS) is 15.4. The van der Waals surface area contributed by atoms with Gasteiger partial charge in [-0.05, 0) is 73.6 Å². The van der Waals surface area contributed by atoms with Gasteiger partial charge in [0.15, 0.2) is 5.82 Å². The predicted molar refractivity (Wildman–Crippen MR) is 121 cm³/mol. The number of aromatic nitrogens is 3. The van der Waals surface area contributed by atoms with Crippen LogP contribution >= 0.6 is 23.8 Å². The Morgan fingerprint density at radius 3 is 2.30 bits per heavy atom. The first-order chi connectivity index (χ1) is 14.6. The van der Waals surface area contributed by atoms with E-state index >= 15 is 0 Å². The minimum atomic E-state index is 0.343. The Morgan fingerprint density at radius 1 is 1.03 bits per heavy atom. The molecule has 0 N–H and O–H groups in total. The van der Waals surface area contributed by atoms with Gasteiger partial charge in [-0.3, -0.25) is 9.47 Å². The van der Waals surface area contributed by atoms with E-state index in [-0.39, 0.29) is 0 Å². The fourth-order valence-corrected chi connectivity index (χ4v) is 4.14. The number of benzene rings is 2. The molecule has 0 amide bonds. The maximum Gasteiger partial charge on any atom is 0.204 e. The second-order valence-electron chi connectivity index (χ2n) is 7.34. The van der Waals surface area contributed by atoms with Gasteiger partial charge >= 0.3 is 0 Å². The summed E-state index contributed by atoms with van der Waals surface area (Å²) in [5.41, 5.74) is 1.90. The van der Waals surface area contributed by atoms with Crippen molar-refractivity contribution in [1.29, 1.82) is 0 Å². The minimum Gasteiger partial charge on any atom is -0.497 e. The first kappa shape index (κ1) is 21.1. The van der Waals surface area contributed by atoms with Gasteiger partial charge in [0, 0.05) is 30.8 Å². The molecule has 6 nitrogen and oxygen atoms in total. The summed E-state index contributed by atoms with van der Waals surface area (Å²) in [6.07, 6.45) is 2.39. The monoisotopic (exact) mass is 444 g/mol. The highest BCUT2D eigenvalue weighted by Gasteiger charge is 2.21. The summed E-state index contributed by atoms with van der Waals surface area (Å²) < 4.78 is 15.3. The summed E-state index contributed by atoms with van der Waals surface area (Å²) in [5.74, 6) is 1.59. The van der Waals surface area contributed by atoms with Crippen molar-refractivity contribution in [3.05, 3.63) is 58.3 Å². The second-order valence-corrected chi connectivity index (χ2v) is 8.14. The molecule has 0 saturated carbocycles. The molecule has 0 atom stereocenters. The van der Waals surface area contributed by atoms with E-state index in [9.17, 15) is 0 Å². The molecule has 0 unspecified atom stereocenters. The number of halogens is 1. The molecule has 1 saturated heterocycles. The standard InChI is InChI=1S/C22H25ClN4O2S/c1-28-19-9-3-16(4-10-19)21-24-26(15-25-13-11-20(29-2)12-14-25)22(30)27(21)18-7-5-17(23)6-8-18/h3-10,20H,11-15H2,1-2H3. The Balaban J connectivity index is 1.71. The van der Waals surface area contributed by atoms with Crippen LogP contribution in [0.2, 0.25) is 5.02 Å². The maximum atomic E-state index is 6.10. The Labute approximate surface area is 186 Å². The molecule has 0 bridgehead atoms. The summed E-state index contributed by atoms with van der Waals surface area (Å²) in [6.45, 7) is 2.58. The number of piperidine rings is 1. The minimum absolute atomic E-state index is 0.343. The lowest BCUT2D eigenvalue weighted by molar-refractivity contribution is 0.0301. The molecule has 2 aromatic carbocycles. The van der Waals surface area contributed by atoms with Crippen LogP contribution in [0.5, 0.6) is 5.75 Å². The number of hydrogen-bond donors (Lipinski definition) is 0. The first-order valence-corrected chi connectivity index (χ1v) is 10.7. The average molecular weight is 445 g/mol. The summed E-state index contributed by atoms with van der Waals surface area (Å²) >= 11 is 11.9. The lowest BCUT2D eigenvalue weighted by atomic mass is 10.1. The van der Waals surface area contributed by atoms with Crippen LogP contribution in [0.15, 0.2) is 48.5 Å². The number of nitrogens with zero attached hydrogens (tertiary/aromatic N) is 4. The lowest BCUT2D eigenvalue weighted by Crippen LogP contribution is -2.38. The zero-order valence-electron chi connectivity index (χ0n) is 17.1. The Hall–Kier alpha value is -2.19. The average Bonchev–Trinajstić information content (AvgIpc) is 3.11. The van der Waals surface area contributed by atoms with E-state index in [1.54, 1.807) is 14.2 Å². The highest BCUT2D eigenvalue weighted by atomic mass is 35.5. The van der Waals surface area contributed by atoms with Crippen molar-refractivity contribution in [3.63, 3.8) is 0 Å². The zero-order valence-corrected chi connectivity index (χ0v) is 18.7. The smallest absolute Gasteiger partial charge is 0.204 e. The molecule has 1 aliphatic heterocycles. The van der Waals surface area contributed by atoms with Gasteiger partial charge in [-0.1, -0.05) is 11.6 Å². The van der Waals surface area contributed by atoms with Gasteiger partial charge < -0.3 is 9.47 Å². The van der Waals surface area contributed by atoms with Crippen molar-refractivity contribution in [2.24, 2.45) is 0 Å². The Kier molecular flexibility index (Phi) is 6.53. The van der Waals surface area contributed by atoms with Crippen LogP contribution in [0.4, 0.5) is 0 Å². The quantitative estimate of drug-likeness (QED) is 0.511. The molecule has 0 spiro atoms. The molecule has 30 heavy (non-hydrogen) atoms. The summed E-state index contributed by atoms with van der Waals surface area (Å²) in [5, 5.41) is 5.58. The summed E-state index contributed by atoms with van der Waals surface area (Å²) in [4.78, 5) is 2.36. The first-order valence-electron chi connectivity index (χ1n) is 9.94. The van der Waals surface area contributed by atoms with E-state index in [0.717, 1.165) is 48.8 Å². The highest BCUT2D eigenvalue weighted by Crippen LogP contribution is 2.26. The highest BCUT2D eigenvalue weighted by molar-refractivity contribution is 7.71. The molecular formula is C22H25ClN4O2S.